The van der Waals surface area contributed by atoms with Gasteiger partial charge in [-0.3, -0.25) is 4.68 Å². The molecule has 0 amide bonds. The van der Waals surface area contributed by atoms with Crippen molar-refractivity contribution in [2.75, 3.05) is 0 Å². The second-order valence-electron chi connectivity index (χ2n) is 3.38. The van der Waals surface area contributed by atoms with Gasteiger partial charge < -0.3 is 5.73 Å². The number of aryl methyl sites for hydroxylation is 1. The fraction of sp³-hybridized carbons (Fsp3) is 0.182. The minimum absolute atomic E-state index is 0.106. The minimum atomic E-state index is -0.106. The van der Waals surface area contributed by atoms with Crippen LogP contribution in [-0.2, 0) is 7.05 Å². The summed E-state index contributed by atoms with van der Waals surface area (Å²) >= 11 is 2.30. The van der Waals surface area contributed by atoms with E-state index in [9.17, 15) is 0 Å². The highest BCUT2D eigenvalue weighted by molar-refractivity contribution is 14.1. The van der Waals surface area contributed by atoms with Crippen LogP contribution < -0.4 is 5.73 Å². The largest absolute Gasteiger partial charge is 0.319 e. The Morgan fingerprint density at radius 2 is 2.07 bits per heavy atom. The molecule has 2 N–H and O–H groups in total. The van der Waals surface area contributed by atoms with Gasteiger partial charge in [-0.15, -0.1) is 0 Å². The molecule has 0 aliphatic carbocycles. The lowest BCUT2D eigenvalue weighted by Crippen LogP contribution is -2.16. The van der Waals surface area contributed by atoms with E-state index in [-0.39, 0.29) is 6.04 Å². The molecule has 15 heavy (non-hydrogen) atoms. The Kier molecular flexibility index (Phi) is 3.06. The second-order valence-corrected chi connectivity index (χ2v) is 4.54. The van der Waals surface area contributed by atoms with Crippen molar-refractivity contribution in [1.82, 2.24) is 9.78 Å². The number of nitrogens with zero attached hydrogens (tertiary/aromatic N) is 2. The van der Waals surface area contributed by atoms with Gasteiger partial charge in [0, 0.05) is 16.8 Å². The first-order valence-corrected chi connectivity index (χ1v) is 5.76. The fourth-order valence-electron chi connectivity index (χ4n) is 1.58. The molecule has 0 saturated carbocycles. The first-order valence-electron chi connectivity index (χ1n) is 4.68. The van der Waals surface area contributed by atoms with E-state index in [1.54, 1.807) is 6.20 Å². The third-order valence-electron chi connectivity index (χ3n) is 2.42. The molecule has 1 aromatic carbocycles. The molecule has 4 heteroatoms. The molecule has 1 aromatic heterocycles. The van der Waals surface area contributed by atoms with Crippen LogP contribution in [0.2, 0.25) is 0 Å². The van der Waals surface area contributed by atoms with Crippen molar-refractivity contribution >= 4 is 22.6 Å². The molecule has 78 valence electrons. The van der Waals surface area contributed by atoms with Crippen LogP contribution in [0.15, 0.2) is 36.5 Å². The van der Waals surface area contributed by atoms with Gasteiger partial charge in [0.2, 0.25) is 0 Å². The average Bonchev–Trinajstić information content (AvgIpc) is 2.64. The summed E-state index contributed by atoms with van der Waals surface area (Å²) in [5.74, 6) is 0. The highest BCUT2D eigenvalue weighted by atomic mass is 127. The van der Waals surface area contributed by atoms with E-state index in [0.29, 0.717) is 0 Å². The highest BCUT2D eigenvalue weighted by Gasteiger charge is 2.14. The quantitative estimate of drug-likeness (QED) is 0.863. The molecule has 0 radical (unpaired) electrons. The number of nitrogens with two attached hydrogens (primary N) is 1. The summed E-state index contributed by atoms with van der Waals surface area (Å²) in [5, 5.41) is 4.13. The number of hydrogen-bond acceptors (Lipinski definition) is 2. The van der Waals surface area contributed by atoms with Gasteiger partial charge in [-0.1, -0.05) is 18.2 Å². The fourth-order valence-corrected chi connectivity index (χ4v) is 2.30. The Bertz CT molecular complexity index is 464. The van der Waals surface area contributed by atoms with E-state index >= 15 is 0 Å². The third-order valence-corrected chi connectivity index (χ3v) is 3.40. The summed E-state index contributed by atoms with van der Waals surface area (Å²) in [4.78, 5) is 0. The van der Waals surface area contributed by atoms with E-state index in [4.69, 9.17) is 5.73 Å². The second kappa shape index (κ2) is 4.32. The number of benzene rings is 1. The minimum Gasteiger partial charge on any atom is -0.319 e. The Hall–Kier alpha value is -0.880. The molecule has 3 nitrogen and oxygen atoms in total. The van der Waals surface area contributed by atoms with Crippen LogP contribution in [-0.4, -0.2) is 9.78 Å². The number of rotatable bonds is 2. The summed E-state index contributed by atoms with van der Waals surface area (Å²) in [6, 6.07) is 9.99. The van der Waals surface area contributed by atoms with Gasteiger partial charge in [0.1, 0.15) is 0 Å². The van der Waals surface area contributed by atoms with Crippen LogP contribution in [0.1, 0.15) is 17.3 Å². The Balaban J connectivity index is 2.41. The summed E-state index contributed by atoms with van der Waals surface area (Å²) in [6.07, 6.45) is 1.77. The van der Waals surface area contributed by atoms with E-state index in [2.05, 4.69) is 39.8 Å². The van der Waals surface area contributed by atoms with E-state index in [1.165, 1.54) is 3.57 Å². The maximum atomic E-state index is 6.20. The van der Waals surface area contributed by atoms with Crippen molar-refractivity contribution in [1.29, 1.82) is 0 Å². The highest BCUT2D eigenvalue weighted by Crippen LogP contribution is 2.23. The molecule has 0 aliphatic heterocycles. The summed E-state index contributed by atoms with van der Waals surface area (Å²) in [7, 11) is 1.91. The molecule has 1 atom stereocenters. The van der Waals surface area contributed by atoms with Gasteiger partial charge in [-0.05, 0) is 40.3 Å². The van der Waals surface area contributed by atoms with Crippen LogP contribution in [0.25, 0.3) is 0 Å². The molecule has 2 aromatic rings. The zero-order valence-corrected chi connectivity index (χ0v) is 10.5. The molecule has 0 spiro atoms. The lowest BCUT2D eigenvalue weighted by atomic mass is 10.1. The summed E-state index contributed by atoms with van der Waals surface area (Å²) < 4.78 is 3.00. The first kappa shape index (κ1) is 10.6. The van der Waals surface area contributed by atoms with Gasteiger partial charge >= 0.3 is 0 Å². The van der Waals surface area contributed by atoms with Crippen molar-refractivity contribution in [2.45, 2.75) is 6.04 Å². The van der Waals surface area contributed by atoms with Gasteiger partial charge in [0.25, 0.3) is 0 Å². The molecular weight excluding hydrogens is 301 g/mol. The Morgan fingerprint density at radius 3 is 2.67 bits per heavy atom. The third kappa shape index (κ3) is 2.05. The topological polar surface area (TPSA) is 43.8 Å². The number of hydrogen-bond donors (Lipinski definition) is 1. The SMILES string of the molecule is Cn1nccc1C(N)c1ccccc1I. The van der Waals surface area contributed by atoms with Gasteiger partial charge in [0.05, 0.1) is 11.7 Å². The van der Waals surface area contributed by atoms with Crippen molar-refractivity contribution < 1.29 is 0 Å². The van der Waals surface area contributed by atoms with E-state index in [0.717, 1.165) is 11.3 Å². The van der Waals surface area contributed by atoms with Crippen molar-refractivity contribution in [3.63, 3.8) is 0 Å². The molecule has 0 saturated heterocycles. The molecule has 0 aliphatic rings. The van der Waals surface area contributed by atoms with Crippen LogP contribution in [0.4, 0.5) is 0 Å². The molecule has 0 bridgehead atoms. The molecule has 2 rings (SSSR count). The number of halogens is 1. The van der Waals surface area contributed by atoms with Crippen LogP contribution in [0, 0.1) is 3.57 Å². The predicted octanol–water partition coefficient (Wildman–Crippen LogP) is 2.07. The first-order chi connectivity index (χ1) is 7.20. The van der Waals surface area contributed by atoms with Crippen LogP contribution in [0.5, 0.6) is 0 Å². The predicted molar refractivity (Wildman–Crippen MR) is 68.4 cm³/mol. The van der Waals surface area contributed by atoms with Crippen molar-refractivity contribution in [2.24, 2.45) is 12.8 Å². The molecular formula is C11H12IN3. The normalized spacial score (nSPS) is 12.7. The maximum absolute atomic E-state index is 6.20. The van der Waals surface area contributed by atoms with Crippen LogP contribution >= 0.6 is 22.6 Å². The van der Waals surface area contributed by atoms with E-state index in [1.807, 2.05) is 29.9 Å². The lowest BCUT2D eigenvalue weighted by molar-refractivity contribution is 0.672. The van der Waals surface area contributed by atoms with Gasteiger partial charge in [-0.2, -0.15) is 5.10 Å². The van der Waals surface area contributed by atoms with Crippen molar-refractivity contribution in [3.05, 3.63) is 51.4 Å². The molecule has 1 heterocycles. The summed E-state index contributed by atoms with van der Waals surface area (Å²) in [5.41, 5.74) is 8.36. The lowest BCUT2D eigenvalue weighted by Gasteiger charge is -2.13. The van der Waals surface area contributed by atoms with Gasteiger partial charge in [0.15, 0.2) is 0 Å². The standard InChI is InChI=1S/C11H12IN3/c1-15-10(6-7-14-15)11(13)8-4-2-3-5-9(8)12/h2-7,11H,13H2,1H3. The van der Waals surface area contributed by atoms with Crippen molar-refractivity contribution in [3.8, 4) is 0 Å². The monoisotopic (exact) mass is 313 g/mol. The van der Waals surface area contributed by atoms with Crippen LogP contribution in [0.3, 0.4) is 0 Å². The smallest absolute Gasteiger partial charge is 0.0733 e. The number of aromatic nitrogens is 2. The zero-order chi connectivity index (χ0) is 10.8. The average molecular weight is 313 g/mol. The molecule has 0 fully saturated rings. The zero-order valence-electron chi connectivity index (χ0n) is 8.39. The van der Waals surface area contributed by atoms with Gasteiger partial charge in [-0.25, -0.2) is 0 Å². The maximum Gasteiger partial charge on any atom is 0.0733 e. The Labute approximate surface area is 102 Å². The summed E-state index contributed by atoms with van der Waals surface area (Å²) in [6.45, 7) is 0. The molecule has 1 unspecified atom stereocenters. The van der Waals surface area contributed by atoms with E-state index < -0.39 is 0 Å². The Morgan fingerprint density at radius 1 is 1.33 bits per heavy atom.